The van der Waals surface area contributed by atoms with Crippen LogP contribution in [0.3, 0.4) is 0 Å². The second kappa shape index (κ2) is 6.38. The summed E-state index contributed by atoms with van der Waals surface area (Å²) in [7, 11) is 1.28. The zero-order chi connectivity index (χ0) is 18.3. The summed E-state index contributed by atoms with van der Waals surface area (Å²) in [5.74, 6) is -1.00. The van der Waals surface area contributed by atoms with Gasteiger partial charge in [0.05, 0.1) is 25.9 Å². The highest BCUT2D eigenvalue weighted by atomic mass is 16.5. The van der Waals surface area contributed by atoms with Crippen molar-refractivity contribution in [2.45, 2.75) is 0 Å². The Bertz CT molecular complexity index is 928. The van der Waals surface area contributed by atoms with Crippen molar-refractivity contribution in [1.82, 2.24) is 0 Å². The van der Waals surface area contributed by atoms with E-state index in [0.717, 1.165) is 18.8 Å². The van der Waals surface area contributed by atoms with Crippen molar-refractivity contribution in [3.8, 4) is 0 Å². The van der Waals surface area contributed by atoms with Crippen molar-refractivity contribution in [3.63, 3.8) is 0 Å². The maximum Gasteiger partial charge on any atom is 0.337 e. The predicted molar refractivity (Wildman–Crippen MR) is 94.1 cm³/mol. The highest BCUT2D eigenvalue weighted by molar-refractivity contribution is 6.29. The minimum atomic E-state index is -0.540. The monoisotopic (exact) mass is 351 g/mol. The molecule has 26 heavy (non-hydrogen) atoms. The van der Waals surface area contributed by atoms with Gasteiger partial charge in [-0.1, -0.05) is 0 Å². The second-order valence-electron chi connectivity index (χ2n) is 6.24. The molecule has 1 fully saturated rings. The number of esters is 1. The van der Waals surface area contributed by atoms with Crippen molar-refractivity contribution in [2.75, 3.05) is 38.3 Å². The van der Waals surface area contributed by atoms with E-state index in [-0.39, 0.29) is 22.7 Å². The van der Waals surface area contributed by atoms with Crippen LogP contribution < -0.4 is 4.90 Å². The van der Waals surface area contributed by atoms with Gasteiger partial charge in [0.1, 0.15) is 0 Å². The second-order valence-corrected chi connectivity index (χ2v) is 6.24. The fraction of sp³-hybridized carbons (Fsp3) is 0.250. The minimum absolute atomic E-state index is 0.207. The van der Waals surface area contributed by atoms with E-state index in [1.54, 1.807) is 12.1 Å². The van der Waals surface area contributed by atoms with Gasteiger partial charge in [-0.25, -0.2) is 4.79 Å². The summed E-state index contributed by atoms with van der Waals surface area (Å²) in [5.41, 5.74) is 2.47. The Labute approximate surface area is 150 Å². The van der Waals surface area contributed by atoms with Gasteiger partial charge in [0.2, 0.25) is 0 Å². The average molecular weight is 351 g/mol. The van der Waals surface area contributed by atoms with Crippen LogP contribution in [0.4, 0.5) is 5.69 Å². The molecular formula is C20H17NO5. The van der Waals surface area contributed by atoms with Crippen LogP contribution in [0, 0.1) is 0 Å². The molecule has 1 heterocycles. The predicted octanol–water partition coefficient (Wildman–Crippen LogP) is 2.09. The summed E-state index contributed by atoms with van der Waals surface area (Å²) in [6.45, 7) is 2.78. The van der Waals surface area contributed by atoms with Gasteiger partial charge in [0.15, 0.2) is 11.6 Å². The lowest BCUT2D eigenvalue weighted by atomic mass is 9.83. The third-order valence-corrected chi connectivity index (χ3v) is 4.80. The molecule has 132 valence electrons. The molecule has 1 saturated heterocycles. The molecule has 0 bridgehead atoms. The first-order chi connectivity index (χ1) is 12.6. The van der Waals surface area contributed by atoms with Crippen LogP contribution in [-0.4, -0.2) is 50.9 Å². The maximum atomic E-state index is 12.9. The Kier molecular flexibility index (Phi) is 4.05. The Balaban J connectivity index is 1.76. The quantitative estimate of drug-likeness (QED) is 0.658. The summed E-state index contributed by atoms with van der Waals surface area (Å²) < 4.78 is 10.0. The lowest BCUT2D eigenvalue weighted by Crippen LogP contribution is -2.36. The molecule has 6 heteroatoms. The lowest BCUT2D eigenvalue weighted by Gasteiger charge is -2.30. The zero-order valence-electron chi connectivity index (χ0n) is 14.3. The maximum absolute atomic E-state index is 12.9. The average Bonchev–Trinajstić information content (AvgIpc) is 2.71. The highest BCUT2D eigenvalue weighted by Gasteiger charge is 2.31. The van der Waals surface area contributed by atoms with Crippen molar-refractivity contribution < 1.29 is 23.9 Å². The van der Waals surface area contributed by atoms with Crippen LogP contribution in [0.25, 0.3) is 0 Å². The molecule has 0 spiro atoms. The first-order valence-corrected chi connectivity index (χ1v) is 8.38. The van der Waals surface area contributed by atoms with E-state index in [0.29, 0.717) is 29.9 Å². The standard InChI is InChI=1S/C20H17NO5/c1-25-20(24)12-2-4-14-16(10-12)18(22)15-5-3-13(11-17(15)19(14)23)21-6-8-26-9-7-21/h2-5,10-11H,6-9H2,1H3. The van der Waals surface area contributed by atoms with E-state index < -0.39 is 5.97 Å². The number of hydrogen-bond donors (Lipinski definition) is 0. The van der Waals surface area contributed by atoms with Crippen molar-refractivity contribution in [2.24, 2.45) is 0 Å². The van der Waals surface area contributed by atoms with E-state index in [4.69, 9.17) is 9.47 Å². The SMILES string of the molecule is COC(=O)c1ccc2c(c1)C(=O)c1ccc(N3CCOCC3)cc1C2=O. The van der Waals surface area contributed by atoms with Gasteiger partial charge < -0.3 is 14.4 Å². The first kappa shape index (κ1) is 16.5. The molecule has 2 aliphatic rings. The van der Waals surface area contributed by atoms with E-state index in [2.05, 4.69) is 4.90 Å². The number of anilines is 1. The number of carbonyl (C=O) groups is 3. The fourth-order valence-electron chi connectivity index (χ4n) is 3.40. The Morgan fingerprint density at radius 2 is 1.54 bits per heavy atom. The molecule has 0 amide bonds. The smallest absolute Gasteiger partial charge is 0.337 e. The number of ether oxygens (including phenoxy) is 2. The Morgan fingerprint density at radius 1 is 0.923 bits per heavy atom. The third kappa shape index (κ3) is 2.59. The van der Waals surface area contributed by atoms with Crippen molar-refractivity contribution >= 4 is 23.2 Å². The molecule has 1 aliphatic carbocycles. The molecule has 0 aromatic heterocycles. The molecule has 2 aromatic carbocycles. The molecule has 0 radical (unpaired) electrons. The van der Waals surface area contributed by atoms with Crippen LogP contribution >= 0.6 is 0 Å². The number of nitrogens with zero attached hydrogens (tertiary/aromatic N) is 1. The number of fused-ring (bicyclic) bond motifs is 2. The van der Waals surface area contributed by atoms with Crippen LogP contribution in [0.1, 0.15) is 42.2 Å². The molecule has 0 unspecified atom stereocenters. The molecular weight excluding hydrogens is 334 g/mol. The van der Waals surface area contributed by atoms with Crippen LogP contribution in [0.2, 0.25) is 0 Å². The number of morpholine rings is 1. The van der Waals surface area contributed by atoms with Gasteiger partial charge in [0, 0.05) is 41.0 Å². The van der Waals surface area contributed by atoms with Gasteiger partial charge in [-0.05, 0) is 36.4 Å². The van der Waals surface area contributed by atoms with Crippen LogP contribution in [0.15, 0.2) is 36.4 Å². The van der Waals surface area contributed by atoms with Crippen LogP contribution in [0.5, 0.6) is 0 Å². The van der Waals surface area contributed by atoms with Gasteiger partial charge >= 0.3 is 5.97 Å². The molecule has 4 rings (SSSR count). The largest absolute Gasteiger partial charge is 0.465 e. The Morgan fingerprint density at radius 3 is 2.19 bits per heavy atom. The van der Waals surface area contributed by atoms with Crippen molar-refractivity contribution in [3.05, 3.63) is 64.2 Å². The molecule has 0 atom stereocenters. The van der Waals surface area contributed by atoms with Gasteiger partial charge in [0.25, 0.3) is 0 Å². The number of benzene rings is 2. The highest BCUT2D eigenvalue weighted by Crippen LogP contribution is 2.31. The summed E-state index contributed by atoms with van der Waals surface area (Å²) >= 11 is 0. The third-order valence-electron chi connectivity index (χ3n) is 4.80. The molecule has 0 N–H and O–H groups in total. The Hall–Kier alpha value is -2.99. The normalized spacial score (nSPS) is 16.1. The molecule has 2 aromatic rings. The number of methoxy groups -OCH3 is 1. The molecule has 0 saturated carbocycles. The van der Waals surface area contributed by atoms with E-state index in [9.17, 15) is 14.4 Å². The molecule has 1 aliphatic heterocycles. The topological polar surface area (TPSA) is 72.9 Å². The van der Waals surface area contributed by atoms with Gasteiger partial charge in [-0.15, -0.1) is 0 Å². The molecule has 6 nitrogen and oxygen atoms in total. The number of hydrogen-bond acceptors (Lipinski definition) is 6. The fourth-order valence-corrected chi connectivity index (χ4v) is 3.40. The summed E-state index contributed by atoms with van der Waals surface area (Å²) in [5, 5.41) is 0. The van der Waals surface area contributed by atoms with Crippen molar-refractivity contribution in [1.29, 1.82) is 0 Å². The van der Waals surface area contributed by atoms with Gasteiger partial charge in [-0.2, -0.15) is 0 Å². The minimum Gasteiger partial charge on any atom is -0.465 e. The van der Waals surface area contributed by atoms with Gasteiger partial charge in [-0.3, -0.25) is 9.59 Å². The number of carbonyl (C=O) groups excluding carboxylic acids is 3. The summed E-state index contributed by atoms with van der Waals surface area (Å²) in [6.07, 6.45) is 0. The summed E-state index contributed by atoms with van der Waals surface area (Å²) in [4.78, 5) is 39.6. The van der Waals surface area contributed by atoms with E-state index >= 15 is 0 Å². The zero-order valence-corrected chi connectivity index (χ0v) is 14.3. The number of rotatable bonds is 2. The summed E-state index contributed by atoms with van der Waals surface area (Å²) in [6, 6.07) is 9.77. The number of ketones is 2. The van der Waals surface area contributed by atoms with E-state index in [1.165, 1.54) is 25.3 Å². The van der Waals surface area contributed by atoms with Crippen LogP contribution in [-0.2, 0) is 9.47 Å². The first-order valence-electron chi connectivity index (χ1n) is 8.38. The lowest BCUT2D eigenvalue weighted by molar-refractivity contribution is 0.0600. The van der Waals surface area contributed by atoms with E-state index in [1.807, 2.05) is 6.07 Å².